The molecular weight excluding hydrogens is 415 g/mol. The van der Waals surface area contributed by atoms with Crippen LogP contribution in [0.5, 0.6) is 0 Å². The zero-order valence-corrected chi connectivity index (χ0v) is 18.1. The van der Waals surface area contributed by atoms with E-state index in [0.717, 1.165) is 40.7 Å². The Morgan fingerprint density at radius 3 is 2.52 bits per heavy atom. The van der Waals surface area contributed by atoms with Gasteiger partial charge in [-0.3, -0.25) is 4.68 Å². The summed E-state index contributed by atoms with van der Waals surface area (Å²) in [5, 5.41) is 9.88. The van der Waals surface area contributed by atoms with Crippen molar-refractivity contribution in [2.24, 2.45) is 5.92 Å². The van der Waals surface area contributed by atoms with E-state index < -0.39 is 0 Å². The minimum atomic E-state index is -0.282. The van der Waals surface area contributed by atoms with Gasteiger partial charge in [-0.2, -0.15) is 10.2 Å². The summed E-state index contributed by atoms with van der Waals surface area (Å²) >= 11 is 6.80. The van der Waals surface area contributed by atoms with Gasteiger partial charge in [-0.1, -0.05) is 11.6 Å². The highest BCUT2D eigenvalue weighted by molar-refractivity contribution is 6.33. The molecular formula is C23H22ClFN6. The number of nitrogens with zero attached hydrogens (tertiary/aromatic N) is 6. The van der Waals surface area contributed by atoms with Crippen LogP contribution in [0.4, 0.5) is 4.39 Å². The zero-order valence-electron chi connectivity index (χ0n) is 17.4. The first-order valence-corrected chi connectivity index (χ1v) is 10.7. The van der Waals surface area contributed by atoms with Crippen LogP contribution >= 0.6 is 11.6 Å². The molecule has 0 radical (unpaired) electrons. The molecule has 0 N–H and O–H groups in total. The molecule has 158 valence electrons. The monoisotopic (exact) mass is 436 g/mol. The summed E-state index contributed by atoms with van der Waals surface area (Å²) in [6.45, 7) is 4.78. The highest BCUT2D eigenvalue weighted by atomic mass is 35.5. The lowest BCUT2D eigenvalue weighted by atomic mass is 10.1. The van der Waals surface area contributed by atoms with E-state index in [9.17, 15) is 4.39 Å². The fourth-order valence-corrected chi connectivity index (χ4v) is 4.07. The third kappa shape index (κ3) is 4.10. The summed E-state index contributed by atoms with van der Waals surface area (Å²) in [5.41, 5.74) is 5.16. The van der Waals surface area contributed by atoms with E-state index in [2.05, 4.69) is 15.1 Å². The predicted molar refractivity (Wildman–Crippen MR) is 117 cm³/mol. The first-order valence-electron chi connectivity index (χ1n) is 10.3. The number of rotatable bonds is 6. The number of halogens is 2. The van der Waals surface area contributed by atoms with E-state index >= 15 is 0 Å². The normalized spacial score (nSPS) is 13.7. The van der Waals surface area contributed by atoms with E-state index in [-0.39, 0.29) is 5.82 Å². The summed E-state index contributed by atoms with van der Waals surface area (Å²) in [7, 11) is 0. The van der Waals surface area contributed by atoms with Gasteiger partial charge in [0.05, 0.1) is 22.1 Å². The van der Waals surface area contributed by atoms with Crippen LogP contribution in [0, 0.1) is 25.6 Å². The first-order chi connectivity index (χ1) is 15.0. The van der Waals surface area contributed by atoms with Crippen LogP contribution in [-0.2, 0) is 13.0 Å². The van der Waals surface area contributed by atoms with Crippen LogP contribution < -0.4 is 0 Å². The summed E-state index contributed by atoms with van der Waals surface area (Å²) in [6.07, 6.45) is 4.49. The van der Waals surface area contributed by atoms with Gasteiger partial charge < -0.3 is 0 Å². The molecule has 1 fully saturated rings. The van der Waals surface area contributed by atoms with Crippen LogP contribution in [0.15, 0.2) is 42.7 Å². The number of aromatic nitrogens is 6. The van der Waals surface area contributed by atoms with Gasteiger partial charge in [0.1, 0.15) is 17.8 Å². The van der Waals surface area contributed by atoms with Crippen LogP contribution in [0.2, 0.25) is 5.02 Å². The average molecular weight is 437 g/mol. The molecule has 6 nitrogen and oxygen atoms in total. The Kier molecular flexibility index (Phi) is 5.06. The molecule has 5 rings (SSSR count). The van der Waals surface area contributed by atoms with E-state index in [4.69, 9.17) is 16.7 Å². The van der Waals surface area contributed by atoms with Crippen molar-refractivity contribution in [3.63, 3.8) is 0 Å². The minimum Gasteiger partial charge on any atom is -0.267 e. The Morgan fingerprint density at radius 1 is 1.06 bits per heavy atom. The van der Waals surface area contributed by atoms with Crippen molar-refractivity contribution >= 4 is 11.6 Å². The summed E-state index contributed by atoms with van der Waals surface area (Å²) in [4.78, 5) is 8.85. The van der Waals surface area contributed by atoms with Crippen molar-refractivity contribution in [1.82, 2.24) is 29.5 Å². The van der Waals surface area contributed by atoms with Gasteiger partial charge in [-0.15, -0.1) is 0 Å². The van der Waals surface area contributed by atoms with E-state index in [1.165, 1.54) is 25.0 Å². The Morgan fingerprint density at radius 2 is 1.84 bits per heavy atom. The van der Waals surface area contributed by atoms with Crippen molar-refractivity contribution in [2.75, 3.05) is 0 Å². The van der Waals surface area contributed by atoms with Gasteiger partial charge in [0.25, 0.3) is 0 Å². The Bertz CT molecular complexity index is 1240. The van der Waals surface area contributed by atoms with Gasteiger partial charge in [0.2, 0.25) is 0 Å². The summed E-state index contributed by atoms with van der Waals surface area (Å²) < 4.78 is 17.2. The van der Waals surface area contributed by atoms with Crippen LogP contribution in [-0.4, -0.2) is 29.5 Å². The maximum absolute atomic E-state index is 13.4. The molecule has 1 aliphatic rings. The molecule has 4 aromatic rings. The second kappa shape index (κ2) is 7.89. The standard InChI is InChI=1S/C23H22ClFN6/c1-14-9-15(2)31(28-14)21-11-19(26-13-27-21)10-20-22(24)23(17-5-7-18(25)8-6-17)29-30(20)12-16-3-4-16/h5-9,11,13,16H,3-4,10,12H2,1-2H3. The van der Waals surface area contributed by atoms with Gasteiger partial charge in [-0.25, -0.2) is 19.0 Å². The predicted octanol–water partition coefficient (Wildman–Crippen LogP) is 4.94. The largest absolute Gasteiger partial charge is 0.267 e. The highest BCUT2D eigenvalue weighted by Crippen LogP contribution is 2.35. The molecule has 0 amide bonds. The van der Waals surface area contributed by atoms with Gasteiger partial charge >= 0.3 is 0 Å². The van der Waals surface area contributed by atoms with Crippen molar-refractivity contribution < 1.29 is 4.39 Å². The zero-order chi connectivity index (χ0) is 21.5. The Balaban J connectivity index is 1.51. The molecule has 0 atom stereocenters. The number of hydrogen-bond donors (Lipinski definition) is 0. The lowest BCUT2D eigenvalue weighted by Crippen LogP contribution is -2.09. The van der Waals surface area contributed by atoms with Crippen molar-refractivity contribution in [3.8, 4) is 17.1 Å². The lowest BCUT2D eigenvalue weighted by molar-refractivity contribution is 0.544. The molecule has 1 aliphatic carbocycles. The smallest absolute Gasteiger partial charge is 0.157 e. The van der Waals surface area contributed by atoms with Gasteiger partial charge in [0.15, 0.2) is 5.82 Å². The lowest BCUT2D eigenvalue weighted by Gasteiger charge is -2.08. The Hall–Kier alpha value is -3.06. The second-order valence-electron chi connectivity index (χ2n) is 8.12. The van der Waals surface area contributed by atoms with Gasteiger partial charge in [-0.05, 0) is 62.9 Å². The number of aryl methyl sites for hydroxylation is 2. The van der Waals surface area contributed by atoms with Crippen LogP contribution in [0.25, 0.3) is 17.1 Å². The van der Waals surface area contributed by atoms with Crippen molar-refractivity contribution in [1.29, 1.82) is 0 Å². The minimum absolute atomic E-state index is 0.282. The number of benzene rings is 1. The SMILES string of the molecule is Cc1cc(C)n(-c2cc(Cc3c(Cl)c(-c4ccc(F)cc4)nn3CC3CC3)ncn2)n1. The van der Waals surface area contributed by atoms with E-state index in [1.54, 1.807) is 18.5 Å². The molecule has 0 bridgehead atoms. The van der Waals surface area contributed by atoms with Gasteiger partial charge in [0, 0.05) is 30.3 Å². The molecule has 0 unspecified atom stereocenters. The average Bonchev–Trinajstić information content (AvgIpc) is 3.44. The molecule has 31 heavy (non-hydrogen) atoms. The third-order valence-electron chi connectivity index (χ3n) is 5.52. The molecule has 3 heterocycles. The van der Waals surface area contributed by atoms with Crippen LogP contribution in [0.3, 0.4) is 0 Å². The molecule has 1 aromatic carbocycles. The first kappa shape index (κ1) is 19.9. The maximum Gasteiger partial charge on any atom is 0.157 e. The van der Waals surface area contributed by atoms with Crippen molar-refractivity contribution in [3.05, 3.63) is 76.3 Å². The topological polar surface area (TPSA) is 61.4 Å². The van der Waals surface area contributed by atoms with Crippen molar-refractivity contribution in [2.45, 2.75) is 39.7 Å². The second-order valence-corrected chi connectivity index (χ2v) is 8.50. The van der Waals surface area contributed by atoms with E-state index in [1.807, 2.05) is 35.3 Å². The molecule has 8 heteroatoms. The van der Waals surface area contributed by atoms with Crippen LogP contribution in [0.1, 0.15) is 35.6 Å². The fraction of sp³-hybridized carbons (Fsp3) is 0.304. The Labute approximate surface area is 184 Å². The molecule has 0 spiro atoms. The molecule has 0 aliphatic heterocycles. The summed E-state index contributed by atoms with van der Waals surface area (Å²) in [6, 6.07) is 10.2. The third-order valence-corrected chi connectivity index (χ3v) is 5.92. The van der Waals surface area contributed by atoms with E-state index in [0.29, 0.717) is 23.1 Å². The quantitative estimate of drug-likeness (QED) is 0.429. The number of hydrogen-bond acceptors (Lipinski definition) is 4. The molecule has 3 aromatic heterocycles. The molecule has 1 saturated carbocycles. The maximum atomic E-state index is 13.4. The summed E-state index contributed by atoms with van der Waals surface area (Å²) in [5.74, 6) is 1.07. The molecule has 0 saturated heterocycles. The fourth-order valence-electron chi connectivity index (χ4n) is 3.76. The highest BCUT2D eigenvalue weighted by Gasteiger charge is 2.26.